The van der Waals surface area contributed by atoms with Gasteiger partial charge in [0.2, 0.25) is 0 Å². The number of fused-ring (bicyclic) bond motifs is 9. The molecule has 4 heteroatoms. The van der Waals surface area contributed by atoms with Gasteiger partial charge in [-0.25, -0.2) is 0 Å². The molecule has 2 N–H and O–H groups in total. The first-order valence-electron chi connectivity index (χ1n) is 16.5. The number of hydrogen-bond acceptors (Lipinski definition) is 3. The van der Waals surface area contributed by atoms with Gasteiger partial charge in [0.25, 0.3) is 0 Å². The summed E-state index contributed by atoms with van der Waals surface area (Å²) in [5.41, 5.74) is 0. The van der Waals surface area contributed by atoms with Gasteiger partial charge in [-0.05, 0) is 104 Å². The molecule has 10 aromatic carbocycles. The van der Waals surface area contributed by atoms with Crippen LogP contribution in [0.3, 0.4) is 0 Å². The van der Waals surface area contributed by atoms with Gasteiger partial charge in [0, 0.05) is 0 Å². The summed E-state index contributed by atoms with van der Waals surface area (Å²) in [5.74, 6) is 0. The topological polar surface area (TPSA) is 82.7 Å². The number of hydrogen-bond donors (Lipinski definition) is 0. The summed E-state index contributed by atoms with van der Waals surface area (Å²) in [7, 11) is 0. The Kier molecular flexibility index (Phi) is 22.5. The summed E-state index contributed by atoms with van der Waals surface area (Å²) in [5, 5.41) is 21.4. The van der Waals surface area contributed by atoms with E-state index in [1.165, 1.54) is 86.2 Å². The molecular formula is C54H60O4. The molecule has 10 rings (SSSR count). The van der Waals surface area contributed by atoms with E-state index in [4.69, 9.17) is 14.4 Å². The fraction of sp³-hybridized carbons (Fsp3) is 0.111. The minimum atomic E-state index is 0. The van der Waals surface area contributed by atoms with Crippen molar-refractivity contribution in [3.05, 3.63) is 183 Å². The second kappa shape index (κ2) is 24.5. The largest absolute Gasteiger partial charge is 0.412 e. The number of benzene rings is 10. The summed E-state index contributed by atoms with van der Waals surface area (Å²) in [4.78, 5) is 24.2. The van der Waals surface area contributed by atoms with Crippen molar-refractivity contribution >= 4 is 99.1 Å². The summed E-state index contributed by atoms with van der Waals surface area (Å²) in [6.07, 6.45) is 3.53. The molecule has 0 unspecified atom stereocenters. The summed E-state index contributed by atoms with van der Waals surface area (Å²) < 4.78 is 0. The van der Waals surface area contributed by atoms with Crippen LogP contribution in [0.2, 0.25) is 0 Å². The highest BCUT2D eigenvalue weighted by Gasteiger charge is 2.11. The number of carbonyl (C=O) groups excluding carboxylic acids is 3. The summed E-state index contributed by atoms with van der Waals surface area (Å²) in [6.45, 7) is 8.72. The third kappa shape index (κ3) is 10.1. The zero-order valence-corrected chi connectivity index (χ0v) is 28.5. The highest BCUT2D eigenvalue weighted by molar-refractivity contribution is 6.29. The van der Waals surface area contributed by atoms with Gasteiger partial charge in [-0.15, -0.1) is 0 Å². The van der Waals surface area contributed by atoms with Crippen molar-refractivity contribution in [2.45, 2.75) is 44.6 Å². The first-order valence-corrected chi connectivity index (χ1v) is 16.5. The van der Waals surface area contributed by atoms with Gasteiger partial charge < -0.3 is 10.3 Å². The van der Waals surface area contributed by atoms with Gasteiger partial charge in [0.05, 0.1) is 0 Å². The van der Waals surface area contributed by atoms with Crippen LogP contribution in [-0.4, -0.2) is 18.4 Å². The van der Waals surface area contributed by atoms with Crippen LogP contribution in [0, 0.1) is 0 Å². The van der Waals surface area contributed by atoms with Crippen LogP contribution in [-0.2, 0) is 14.4 Å². The predicted molar refractivity (Wildman–Crippen MR) is 261 cm³/mol. The van der Waals surface area contributed by atoms with Gasteiger partial charge in [0.15, 0.2) is 0 Å². The molecule has 0 bridgehead atoms. The second-order valence-corrected chi connectivity index (χ2v) is 11.8. The standard InChI is InChI=1S/C22H14.C20H12.C4H6.CO2.CH2O.6CH4.H2O/c1-2-8-16-14-22-20-12-6-4-10-18(20)17-9-3-5-11-19(17)21(22)13-15(16)7-1;1-2-7-17-15(4-1)12-16-9-8-13-5-3-6-14-10-11-18(17)20(16)19(13)14;1-3-4-2;2-1-3;1-2;;;;;;;/h1-14H;1-12H;3-4H,1-2H2;;1H2;6*1H4;1H2. The van der Waals surface area contributed by atoms with Crippen molar-refractivity contribution in [3.63, 3.8) is 0 Å². The fourth-order valence-electron chi connectivity index (χ4n) is 7.08. The minimum Gasteiger partial charge on any atom is -0.412 e. The van der Waals surface area contributed by atoms with Crippen LogP contribution in [0.15, 0.2) is 183 Å². The third-order valence-corrected chi connectivity index (χ3v) is 9.15. The molecule has 0 heterocycles. The first-order chi connectivity index (χ1) is 25.2. The van der Waals surface area contributed by atoms with E-state index in [9.17, 15) is 0 Å². The zero-order chi connectivity index (χ0) is 35.7. The lowest BCUT2D eigenvalue weighted by molar-refractivity contribution is -0.191. The van der Waals surface area contributed by atoms with E-state index >= 15 is 0 Å². The SMILES string of the molecule is C.C.C.C.C.C.C=CC=C.C=O.O.O=C=O.c1ccc2c(c1)cc1ccc3cccc4ccc2c1c34.c1ccc2cc3c4ccccc4c4ccccc4c3cc2c1. The average Bonchev–Trinajstić information content (AvgIpc) is 3.20. The number of rotatable bonds is 1. The first kappa shape index (κ1) is 53.1. The Hall–Kier alpha value is -6.97. The van der Waals surface area contributed by atoms with E-state index in [2.05, 4.69) is 171 Å². The van der Waals surface area contributed by atoms with Gasteiger partial charge in [-0.1, -0.05) is 209 Å². The van der Waals surface area contributed by atoms with E-state index in [0.29, 0.717) is 0 Å². The van der Waals surface area contributed by atoms with Crippen molar-refractivity contribution in [2.24, 2.45) is 0 Å². The van der Waals surface area contributed by atoms with Crippen LogP contribution >= 0.6 is 0 Å². The maximum atomic E-state index is 8.12. The van der Waals surface area contributed by atoms with Crippen molar-refractivity contribution in [3.8, 4) is 0 Å². The lowest BCUT2D eigenvalue weighted by atomic mass is 9.91. The predicted octanol–water partition coefficient (Wildman–Crippen LogP) is 15.6. The highest BCUT2D eigenvalue weighted by atomic mass is 16.2. The van der Waals surface area contributed by atoms with Crippen molar-refractivity contribution in [2.75, 3.05) is 0 Å². The maximum Gasteiger partial charge on any atom is 0.373 e. The smallest absolute Gasteiger partial charge is 0.373 e. The molecule has 0 radical (unpaired) electrons. The Morgan fingerprint density at radius 1 is 0.328 bits per heavy atom. The lowest BCUT2D eigenvalue weighted by Gasteiger charge is -2.12. The minimum absolute atomic E-state index is 0. The summed E-state index contributed by atoms with van der Waals surface area (Å²) in [6, 6.07) is 57.2. The molecule has 10 aromatic rings. The Balaban J connectivity index is 0. The summed E-state index contributed by atoms with van der Waals surface area (Å²) >= 11 is 0. The van der Waals surface area contributed by atoms with E-state index in [-0.39, 0.29) is 56.2 Å². The Morgan fingerprint density at radius 3 is 1.09 bits per heavy atom. The molecule has 0 saturated carbocycles. The zero-order valence-electron chi connectivity index (χ0n) is 28.5. The van der Waals surface area contributed by atoms with Crippen LogP contribution in [0.25, 0.3) is 86.2 Å². The van der Waals surface area contributed by atoms with E-state index < -0.39 is 0 Å². The Labute approximate surface area is 345 Å². The highest BCUT2D eigenvalue weighted by Crippen LogP contribution is 2.39. The quantitative estimate of drug-likeness (QED) is 0.0946. The fourth-order valence-corrected chi connectivity index (χ4v) is 7.08. The van der Waals surface area contributed by atoms with Crippen molar-refractivity contribution in [1.82, 2.24) is 0 Å². The molecule has 0 atom stereocenters. The molecule has 0 fully saturated rings. The molecule has 300 valence electrons. The van der Waals surface area contributed by atoms with Gasteiger partial charge in [-0.3, -0.25) is 0 Å². The third-order valence-electron chi connectivity index (χ3n) is 9.15. The molecule has 58 heavy (non-hydrogen) atoms. The van der Waals surface area contributed by atoms with Crippen LogP contribution in [0.4, 0.5) is 0 Å². The number of carbonyl (C=O) groups is 1. The molecule has 0 aliphatic carbocycles. The van der Waals surface area contributed by atoms with Crippen molar-refractivity contribution in [1.29, 1.82) is 0 Å². The molecular weight excluding hydrogens is 713 g/mol. The molecule has 0 aliphatic heterocycles. The molecule has 0 spiro atoms. The monoisotopic (exact) mass is 772 g/mol. The van der Waals surface area contributed by atoms with Crippen LogP contribution < -0.4 is 0 Å². The van der Waals surface area contributed by atoms with E-state index in [0.717, 1.165) is 0 Å². The average molecular weight is 773 g/mol. The number of allylic oxidation sites excluding steroid dienone is 2. The Morgan fingerprint density at radius 2 is 0.655 bits per heavy atom. The van der Waals surface area contributed by atoms with Gasteiger partial charge in [-0.2, -0.15) is 9.59 Å². The second-order valence-electron chi connectivity index (χ2n) is 11.8. The molecule has 0 aliphatic rings. The molecule has 4 nitrogen and oxygen atoms in total. The molecule has 0 aromatic heterocycles. The van der Waals surface area contributed by atoms with E-state index in [1.54, 1.807) is 12.2 Å². The van der Waals surface area contributed by atoms with E-state index in [1.807, 2.05) is 6.79 Å². The normalized spacial score (nSPS) is 9.10. The van der Waals surface area contributed by atoms with Crippen molar-refractivity contribution < 1.29 is 19.9 Å². The molecule has 0 saturated heterocycles. The van der Waals surface area contributed by atoms with Gasteiger partial charge in [0.1, 0.15) is 6.79 Å². The maximum absolute atomic E-state index is 8.12. The Bertz CT molecular complexity index is 2750. The van der Waals surface area contributed by atoms with Gasteiger partial charge >= 0.3 is 6.15 Å². The lowest BCUT2D eigenvalue weighted by Crippen LogP contribution is -1.85. The molecule has 0 amide bonds. The van der Waals surface area contributed by atoms with Crippen LogP contribution in [0.5, 0.6) is 0 Å². The van der Waals surface area contributed by atoms with Crippen LogP contribution in [0.1, 0.15) is 44.6 Å².